The lowest BCUT2D eigenvalue weighted by Crippen LogP contribution is -2.09. The fraction of sp³-hybridized carbons (Fsp3) is 0.267. The maximum absolute atomic E-state index is 8.98. The van der Waals surface area contributed by atoms with Crippen LogP contribution in [0.25, 0.3) is 11.0 Å². The minimum atomic E-state index is 0.314. The molecule has 3 rings (SSSR count). The second kappa shape index (κ2) is 5.17. The number of hydrogen-bond acceptors (Lipinski definition) is 3. The molecule has 3 aromatic rings. The molecule has 0 aliphatic carbocycles. The number of para-hydroxylation sites is 2. The third-order valence-corrected chi connectivity index (χ3v) is 3.43. The SMILES string of the molecule is CCn1cncc1Cn1c(CC#N)nc2ccccc21. The Morgan fingerprint density at radius 1 is 1.30 bits per heavy atom. The lowest BCUT2D eigenvalue weighted by molar-refractivity contribution is 0.663. The Morgan fingerprint density at radius 2 is 2.15 bits per heavy atom. The Hall–Kier alpha value is -2.61. The Balaban J connectivity index is 2.09. The van der Waals surface area contributed by atoms with Gasteiger partial charge in [0, 0.05) is 12.7 Å². The lowest BCUT2D eigenvalue weighted by Gasteiger charge is -2.09. The minimum Gasteiger partial charge on any atom is -0.333 e. The first-order valence-corrected chi connectivity index (χ1v) is 6.63. The molecular formula is C15H15N5. The van der Waals surface area contributed by atoms with E-state index in [2.05, 4.69) is 32.1 Å². The molecule has 100 valence electrons. The van der Waals surface area contributed by atoms with Gasteiger partial charge in [-0.15, -0.1) is 0 Å². The Labute approximate surface area is 117 Å². The van der Waals surface area contributed by atoms with Gasteiger partial charge in [0.05, 0.1) is 42.1 Å². The van der Waals surface area contributed by atoms with Crippen molar-refractivity contribution in [1.82, 2.24) is 19.1 Å². The van der Waals surface area contributed by atoms with E-state index in [0.717, 1.165) is 29.1 Å². The maximum atomic E-state index is 8.98. The number of nitrogens with zero attached hydrogens (tertiary/aromatic N) is 5. The van der Waals surface area contributed by atoms with E-state index in [1.807, 2.05) is 36.8 Å². The predicted molar refractivity (Wildman–Crippen MR) is 76.1 cm³/mol. The van der Waals surface area contributed by atoms with Gasteiger partial charge in [-0.2, -0.15) is 5.26 Å². The molecule has 5 nitrogen and oxygen atoms in total. The summed E-state index contributed by atoms with van der Waals surface area (Å²) in [5.74, 6) is 0.803. The summed E-state index contributed by atoms with van der Waals surface area (Å²) < 4.78 is 4.20. The van der Waals surface area contributed by atoms with Crippen LogP contribution in [-0.2, 0) is 19.5 Å². The van der Waals surface area contributed by atoms with E-state index >= 15 is 0 Å². The number of rotatable bonds is 4. The largest absolute Gasteiger partial charge is 0.333 e. The topological polar surface area (TPSA) is 59.4 Å². The first kappa shape index (κ1) is 12.4. The second-order valence-electron chi connectivity index (χ2n) is 4.61. The summed E-state index contributed by atoms with van der Waals surface area (Å²) in [6, 6.07) is 10.2. The van der Waals surface area contributed by atoms with E-state index in [-0.39, 0.29) is 0 Å². The molecule has 0 amide bonds. The molecule has 0 saturated heterocycles. The van der Waals surface area contributed by atoms with Crippen LogP contribution in [-0.4, -0.2) is 19.1 Å². The molecule has 0 aliphatic heterocycles. The van der Waals surface area contributed by atoms with E-state index in [0.29, 0.717) is 13.0 Å². The summed E-state index contributed by atoms with van der Waals surface area (Å²) in [6.07, 6.45) is 4.02. The summed E-state index contributed by atoms with van der Waals surface area (Å²) in [5.41, 5.74) is 3.11. The van der Waals surface area contributed by atoms with E-state index in [4.69, 9.17) is 5.26 Å². The highest BCUT2D eigenvalue weighted by molar-refractivity contribution is 5.76. The van der Waals surface area contributed by atoms with Gasteiger partial charge in [0.1, 0.15) is 5.82 Å². The predicted octanol–water partition coefficient (Wildman–Crippen LogP) is 2.37. The van der Waals surface area contributed by atoms with Crippen molar-refractivity contribution in [2.75, 3.05) is 0 Å². The fourth-order valence-corrected chi connectivity index (χ4v) is 2.43. The third-order valence-electron chi connectivity index (χ3n) is 3.43. The van der Waals surface area contributed by atoms with Crippen molar-refractivity contribution in [2.24, 2.45) is 0 Å². The first-order valence-electron chi connectivity index (χ1n) is 6.63. The number of nitriles is 1. The van der Waals surface area contributed by atoms with Crippen molar-refractivity contribution >= 4 is 11.0 Å². The Bertz CT molecular complexity index is 775. The zero-order chi connectivity index (χ0) is 13.9. The molecule has 0 spiro atoms. The van der Waals surface area contributed by atoms with Gasteiger partial charge in [0.15, 0.2) is 0 Å². The van der Waals surface area contributed by atoms with Gasteiger partial charge < -0.3 is 9.13 Å². The van der Waals surface area contributed by atoms with Gasteiger partial charge in [-0.3, -0.25) is 0 Å². The highest BCUT2D eigenvalue weighted by Crippen LogP contribution is 2.18. The van der Waals surface area contributed by atoms with Gasteiger partial charge in [-0.05, 0) is 19.1 Å². The highest BCUT2D eigenvalue weighted by Gasteiger charge is 2.12. The summed E-state index contributed by atoms with van der Waals surface area (Å²) in [7, 11) is 0. The van der Waals surface area contributed by atoms with Crippen LogP contribution in [0.1, 0.15) is 18.4 Å². The Morgan fingerprint density at radius 3 is 2.95 bits per heavy atom. The molecule has 0 N–H and O–H groups in total. The standard InChI is InChI=1S/C15H15N5/c1-2-19-11-17-9-12(19)10-20-14-6-4-3-5-13(14)18-15(20)7-8-16/h3-6,9,11H,2,7,10H2,1H3. The summed E-state index contributed by atoms with van der Waals surface area (Å²) >= 11 is 0. The summed E-state index contributed by atoms with van der Waals surface area (Å²) in [5, 5.41) is 8.98. The van der Waals surface area contributed by atoms with Gasteiger partial charge in [0.25, 0.3) is 0 Å². The normalized spacial score (nSPS) is 10.8. The zero-order valence-corrected chi connectivity index (χ0v) is 11.3. The molecule has 20 heavy (non-hydrogen) atoms. The van der Waals surface area contributed by atoms with Crippen LogP contribution in [0, 0.1) is 11.3 Å². The number of hydrogen-bond donors (Lipinski definition) is 0. The van der Waals surface area contributed by atoms with Gasteiger partial charge in [0.2, 0.25) is 0 Å². The van der Waals surface area contributed by atoms with Crippen LogP contribution in [0.3, 0.4) is 0 Å². The molecule has 0 unspecified atom stereocenters. The molecule has 0 saturated carbocycles. The van der Waals surface area contributed by atoms with Crippen molar-refractivity contribution in [1.29, 1.82) is 5.26 Å². The van der Waals surface area contributed by atoms with Crippen LogP contribution in [0.15, 0.2) is 36.8 Å². The second-order valence-corrected chi connectivity index (χ2v) is 4.61. The quantitative estimate of drug-likeness (QED) is 0.727. The lowest BCUT2D eigenvalue weighted by atomic mass is 10.3. The van der Waals surface area contributed by atoms with Crippen molar-refractivity contribution in [2.45, 2.75) is 26.4 Å². The highest BCUT2D eigenvalue weighted by atomic mass is 15.1. The molecule has 2 aromatic heterocycles. The molecule has 5 heteroatoms. The molecule has 0 aliphatic rings. The minimum absolute atomic E-state index is 0.314. The number of benzene rings is 1. The number of imidazole rings is 2. The average Bonchev–Trinajstić information content (AvgIpc) is 3.05. The van der Waals surface area contributed by atoms with Crippen molar-refractivity contribution in [3.8, 4) is 6.07 Å². The van der Waals surface area contributed by atoms with Crippen LogP contribution < -0.4 is 0 Å². The number of aromatic nitrogens is 4. The molecule has 0 fully saturated rings. The maximum Gasteiger partial charge on any atom is 0.124 e. The summed E-state index contributed by atoms with van der Waals surface area (Å²) in [4.78, 5) is 8.74. The molecule has 0 radical (unpaired) electrons. The van der Waals surface area contributed by atoms with E-state index < -0.39 is 0 Å². The van der Waals surface area contributed by atoms with E-state index in [1.54, 1.807) is 0 Å². The Kier molecular flexibility index (Phi) is 3.21. The zero-order valence-electron chi connectivity index (χ0n) is 11.3. The van der Waals surface area contributed by atoms with Crippen LogP contribution in [0.5, 0.6) is 0 Å². The van der Waals surface area contributed by atoms with Gasteiger partial charge in [-0.1, -0.05) is 12.1 Å². The van der Waals surface area contributed by atoms with Crippen molar-refractivity contribution < 1.29 is 0 Å². The smallest absolute Gasteiger partial charge is 0.124 e. The van der Waals surface area contributed by atoms with Crippen molar-refractivity contribution in [3.05, 3.63) is 48.3 Å². The number of aryl methyl sites for hydroxylation is 1. The van der Waals surface area contributed by atoms with Crippen LogP contribution in [0.2, 0.25) is 0 Å². The molecule has 0 bridgehead atoms. The summed E-state index contributed by atoms with van der Waals surface area (Å²) in [6.45, 7) is 3.66. The van der Waals surface area contributed by atoms with Crippen LogP contribution in [0.4, 0.5) is 0 Å². The first-order chi connectivity index (χ1) is 9.83. The van der Waals surface area contributed by atoms with Crippen LogP contribution >= 0.6 is 0 Å². The van der Waals surface area contributed by atoms with E-state index in [1.165, 1.54) is 0 Å². The fourth-order valence-electron chi connectivity index (χ4n) is 2.43. The average molecular weight is 265 g/mol. The molecule has 0 atom stereocenters. The molecule has 2 heterocycles. The van der Waals surface area contributed by atoms with E-state index in [9.17, 15) is 0 Å². The van der Waals surface area contributed by atoms with Gasteiger partial charge in [-0.25, -0.2) is 9.97 Å². The third kappa shape index (κ3) is 2.05. The number of fused-ring (bicyclic) bond motifs is 1. The molecular weight excluding hydrogens is 250 g/mol. The monoisotopic (exact) mass is 265 g/mol. The van der Waals surface area contributed by atoms with Crippen molar-refractivity contribution in [3.63, 3.8) is 0 Å². The molecule has 1 aromatic carbocycles. The van der Waals surface area contributed by atoms with Gasteiger partial charge >= 0.3 is 0 Å².